The molecule has 1 amide bonds. The van der Waals surface area contributed by atoms with Gasteiger partial charge in [-0.3, -0.25) is 4.79 Å². The largest absolute Gasteiger partial charge is 0.465 e. The van der Waals surface area contributed by atoms with Gasteiger partial charge in [-0.25, -0.2) is 4.98 Å². The lowest BCUT2D eigenvalue weighted by molar-refractivity contribution is -0.117. The fourth-order valence-corrected chi connectivity index (χ4v) is 3.82. The molecule has 30 heavy (non-hydrogen) atoms. The van der Waals surface area contributed by atoms with Gasteiger partial charge in [0.25, 0.3) is 0 Å². The molecule has 0 radical (unpaired) electrons. The molecule has 4 rings (SSSR count). The summed E-state index contributed by atoms with van der Waals surface area (Å²) in [6.45, 7) is 2.33. The number of nitrogens with one attached hydrogen (secondary N) is 1. The molecule has 0 aliphatic heterocycles. The number of furan rings is 1. The van der Waals surface area contributed by atoms with Crippen LogP contribution in [0.25, 0.3) is 17.1 Å². The normalized spacial score (nSPS) is 12.5. The maximum absolute atomic E-state index is 12.4. The predicted octanol–water partition coefficient (Wildman–Crippen LogP) is 5.88. The molecule has 0 fully saturated rings. The molecule has 2 heterocycles. The third-order valence-corrected chi connectivity index (χ3v) is 5.46. The van der Waals surface area contributed by atoms with Gasteiger partial charge < -0.3 is 14.3 Å². The summed E-state index contributed by atoms with van der Waals surface area (Å²) in [4.78, 5) is 17.1. The number of carbonyl (C=O) groups is 1. The van der Waals surface area contributed by atoms with E-state index in [-0.39, 0.29) is 11.9 Å². The molecule has 0 aliphatic rings. The van der Waals surface area contributed by atoms with Crippen LogP contribution in [0.5, 0.6) is 0 Å². The highest BCUT2D eigenvalue weighted by Crippen LogP contribution is 2.29. The van der Waals surface area contributed by atoms with Crippen LogP contribution in [-0.4, -0.2) is 15.5 Å². The van der Waals surface area contributed by atoms with Gasteiger partial charge in [0.1, 0.15) is 11.6 Å². The second kappa shape index (κ2) is 8.78. The van der Waals surface area contributed by atoms with Crippen molar-refractivity contribution in [2.45, 2.75) is 19.5 Å². The van der Waals surface area contributed by atoms with Gasteiger partial charge in [-0.15, -0.1) is 0 Å². The van der Waals surface area contributed by atoms with Crippen LogP contribution in [0.2, 0.25) is 10.0 Å². The average Bonchev–Trinajstić information content (AvgIpc) is 3.37. The van der Waals surface area contributed by atoms with E-state index < -0.39 is 0 Å². The first-order chi connectivity index (χ1) is 14.5. The summed E-state index contributed by atoms with van der Waals surface area (Å²) in [5.74, 6) is 1.08. The average molecular weight is 440 g/mol. The highest BCUT2D eigenvalue weighted by atomic mass is 35.5. The predicted molar refractivity (Wildman–Crippen MR) is 120 cm³/mol. The Balaban J connectivity index is 1.65. The molecular weight excluding hydrogens is 421 g/mol. The first-order valence-electron chi connectivity index (χ1n) is 9.43. The number of nitrogens with zero attached hydrogens (tertiary/aromatic N) is 2. The summed E-state index contributed by atoms with van der Waals surface area (Å²) >= 11 is 12.8. The molecule has 1 N–H and O–H groups in total. The van der Waals surface area contributed by atoms with Gasteiger partial charge in [-0.05, 0) is 49.4 Å². The van der Waals surface area contributed by atoms with Gasteiger partial charge >= 0.3 is 0 Å². The third-order valence-electron chi connectivity index (χ3n) is 4.75. The van der Waals surface area contributed by atoms with Gasteiger partial charge in [0.2, 0.25) is 5.91 Å². The van der Waals surface area contributed by atoms with Crippen LogP contribution >= 0.6 is 23.2 Å². The maximum atomic E-state index is 12.4. The number of carbonyl (C=O) groups excluding carboxylic acids is 1. The lowest BCUT2D eigenvalue weighted by Crippen LogP contribution is -2.27. The summed E-state index contributed by atoms with van der Waals surface area (Å²) in [5.41, 5.74) is 2.58. The van der Waals surface area contributed by atoms with Crippen LogP contribution in [0.1, 0.15) is 30.1 Å². The number of fused-ring (bicyclic) bond motifs is 1. The van der Waals surface area contributed by atoms with E-state index in [2.05, 4.69) is 5.32 Å². The molecule has 0 aliphatic carbocycles. The molecule has 0 bridgehead atoms. The zero-order chi connectivity index (χ0) is 21.1. The van der Waals surface area contributed by atoms with Gasteiger partial charge in [0.05, 0.1) is 29.9 Å². The van der Waals surface area contributed by atoms with E-state index in [4.69, 9.17) is 32.6 Å². The van der Waals surface area contributed by atoms with Crippen molar-refractivity contribution in [1.29, 1.82) is 0 Å². The molecule has 7 heteroatoms. The van der Waals surface area contributed by atoms with Gasteiger partial charge in [0.15, 0.2) is 0 Å². The standard InChI is InChI=1S/C23H19Cl2N3O2/c1-15(26-22(29)12-11-16-6-5-13-30-16)23-27-20-9-2-3-10-21(20)28(23)14-17-18(24)7-4-8-19(17)25/h2-13,15H,14H2,1H3,(H,26,29)/b12-11+/t15-/m1/s1. The number of benzene rings is 2. The Morgan fingerprint density at radius 1 is 1.13 bits per heavy atom. The Bertz CT molecular complexity index is 1190. The van der Waals surface area contributed by atoms with E-state index in [9.17, 15) is 4.79 Å². The SMILES string of the molecule is C[C@@H](NC(=O)/C=C/c1ccco1)c1nc2ccccc2n1Cc1c(Cl)cccc1Cl. The Labute approximate surface area is 183 Å². The van der Waals surface area contributed by atoms with Gasteiger partial charge in [0, 0.05) is 21.7 Å². The number of amides is 1. The number of hydrogen-bond acceptors (Lipinski definition) is 3. The lowest BCUT2D eigenvalue weighted by Gasteiger charge is -2.17. The number of para-hydroxylation sites is 2. The van der Waals surface area contributed by atoms with Crippen LogP contribution in [0.15, 0.2) is 71.4 Å². The zero-order valence-corrected chi connectivity index (χ0v) is 17.7. The van der Waals surface area contributed by atoms with Crippen molar-refractivity contribution in [3.8, 4) is 0 Å². The maximum Gasteiger partial charge on any atom is 0.244 e. The zero-order valence-electron chi connectivity index (χ0n) is 16.2. The van der Waals surface area contributed by atoms with Crippen molar-refractivity contribution in [3.63, 3.8) is 0 Å². The van der Waals surface area contributed by atoms with Crippen molar-refractivity contribution in [3.05, 3.63) is 94.1 Å². The van der Waals surface area contributed by atoms with E-state index in [1.54, 1.807) is 24.5 Å². The van der Waals surface area contributed by atoms with Crippen molar-refractivity contribution < 1.29 is 9.21 Å². The molecule has 0 unspecified atom stereocenters. The van der Waals surface area contributed by atoms with Gasteiger partial charge in [-0.2, -0.15) is 0 Å². The second-order valence-electron chi connectivity index (χ2n) is 6.82. The Morgan fingerprint density at radius 3 is 2.63 bits per heavy atom. The fourth-order valence-electron chi connectivity index (χ4n) is 3.30. The first kappa shape index (κ1) is 20.3. The minimum Gasteiger partial charge on any atom is -0.465 e. The topological polar surface area (TPSA) is 60.1 Å². The van der Waals surface area contributed by atoms with Crippen molar-refractivity contribution in [1.82, 2.24) is 14.9 Å². The fraction of sp³-hybridized carbons (Fsp3) is 0.130. The quantitative estimate of drug-likeness (QED) is 0.381. The molecule has 0 saturated carbocycles. The monoisotopic (exact) mass is 439 g/mol. The third kappa shape index (κ3) is 4.27. The van der Waals surface area contributed by atoms with E-state index in [0.29, 0.717) is 28.2 Å². The highest BCUT2D eigenvalue weighted by molar-refractivity contribution is 6.36. The number of imidazole rings is 1. The van der Waals surface area contributed by atoms with E-state index in [1.807, 2.05) is 54.0 Å². The summed E-state index contributed by atoms with van der Waals surface area (Å²) in [7, 11) is 0. The summed E-state index contributed by atoms with van der Waals surface area (Å²) in [5, 5.41) is 4.13. The van der Waals surface area contributed by atoms with E-state index in [1.165, 1.54) is 6.08 Å². The van der Waals surface area contributed by atoms with Crippen molar-refractivity contribution in [2.24, 2.45) is 0 Å². The smallest absolute Gasteiger partial charge is 0.244 e. The van der Waals surface area contributed by atoms with Crippen LogP contribution in [0, 0.1) is 0 Å². The van der Waals surface area contributed by atoms with E-state index in [0.717, 1.165) is 16.6 Å². The molecule has 0 spiro atoms. The number of rotatable bonds is 6. The van der Waals surface area contributed by atoms with Crippen LogP contribution in [-0.2, 0) is 11.3 Å². The Kier molecular flexibility index (Phi) is 5.93. The molecule has 5 nitrogen and oxygen atoms in total. The highest BCUT2D eigenvalue weighted by Gasteiger charge is 2.19. The molecule has 2 aromatic heterocycles. The van der Waals surface area contributed by atoms with Crippen LogP contribution in [0.3, 0.4) is 0 Å². The van der Waals surface area contributed by atoms with Gasteiger partial charge in [-0.1, -0.05) is 41.4 Å². The molecular formula is C23H19Cl2N3O2. The van der Waals surface area contributed by atoms with Crippen LogP contribution < -0.4 is 5.32 Å². The van der Waals surface area contributed by atoms with E-state index >= 15 is 0 Å². The second-order valence-corrected chi connectivity index (χ2v) is 7.64. The summed E-state index contributed by atoms with van der Waals surface area (Å²) in [6, 6.07) is 16.5. The van der Waals surface area contributed by atoms with Crippen molar-refractivity contribution >= 4 is 46.2 Å². The molecule has 152 valence electrons. The number of aromatic nitrogens is 2. The first-order valence-corrected chi connectivity index (χ1v) is 10.2. The molecule has 0 saturated heterocycles. The number of hydrogen-bond donors (Lipinski definition) is 1. The van der Waals surface area contributed by atoms with Crippen molar-refractivity contribution in [2.75, 3.05) is 0 Å². The molecule has 4 aromatic rings. The van der Waals surface area contributed by atoms with Crippen LogP contribution in [0.4, 0.5) is 0 Å². The number of halogens is 2. The Morgan fingerprint density at radius 2 is 1.90 bits per heavy atom. The summed E-state index contributed by atoms with van der Waals surface area (Å²) in [6.07, 6.45) is 4.62. The Hall–Kier alpha value is -3.02. The minimum absolute atomic E-state index is 0.242. The minimum atomic E-state index is -0.340. The molecule has 1 atom stereocenters. The lowest BCUT2D eigenvalue weighted by atomic mass is 10.2. The molecule has 2 aromatic carbocycles. The summed E-state index contributed by atoms with van der Waals surface area (Å²) < 4.78 is 7.24.